The van der Waals surface area contributed by atoms with E-state index >= 15 is 0 Å². The number of aromatic nitrogens is 2. The topological polar surface area (TPSA) is 47.1 Å². The molecule has 0 amide bonds. The minimum Gasteiger partial charge on any atom is -0.384 e. The molecule has 0 radical (unpaired) electrons. The Balaban J connectivity index is 0.00000128. The van der Waals surface area contributed by atoms with Gasteiger partial charge in [-0.3, -0.25) is 9.58 Å². The molecule has 2 N–H and O–H groups in total. The second kappa shape index (κ2) is 5.06. The Labute approximate surface area is 103 Å². The molecule has 0 fully saturated rings. The lowest BCUT2D eigenvalue weighted by atomic mass is 10.0. The van der Waals surface area contributed by atoms with Crippen molar-refractivity contribution >= 4 is 18.2 Å². The highest BCUT2D eigenvalue weighted by Gasteiger charge is 2.24. The van der Waals surface area contributed by atoms with Gasteiger partial charge in [-0.25, -0.2) is 0 Å². The van der Waals surface area contributed by atoms with Gasteiger partial charge >= 0.3 is 0 Å². The maximum atomic E-state index is 6.00. The summed E-state index contributed by atoms with van der Waals surface area (Å²) < 4.78 is 1.80. The van der Waals surface area contributed by atoms with E-state index < -0.39 is 0 Å². The summed E-state index contributed by atoms with van der Waals surface area (Å²) in [5, 5.41) is 4.44. The molecule has 0 spiro atoms. The number of hydrogen-bond donors (Lipinski definition) is 1. The van der Waals surface area contributed by atoms with E-state index in [1.807, 2.05) is 7.05 Å². The van der Waals surface area contributed by atoms with Gasteiger partial charge in [0.1, 0.15) is 5.82 Å². The second-order valence-corrected chi connectivity index (χ2v) is 4.41. The zero-order valence-corrected chi connectivity index (χ0v) is 11.0. The van der Waals surface area contributed by atoms with Gasteiger partial charge in [-0.05, 0) is 13.3 Å². The lowest BCUT2D eigenvalue weighted by molar-refractivity contribution is 0.186. The molecule has 2 rings (SSSR count). The summed E-state index contributed by atoms with van der Waals surface area (Å²) in [7, 11) is 1.92. The molecule has 1 unspecified atom stereocenters. The van der Waals surface area contributed by atoms with Crippen LogP contribution in [0.1, 0.15) is 31.5 Å². The minimum atomic E-state index is 0. The molecule has 92 valence electrons. The van der Waals surface area contributed by atoms with E-state index in [9.17, 15) is 0 Å². The van der Waals surface area contributed by atoms with Crippen LogP contribution in [-0.2, 0) is 20.0 Å². The van der Waals surface area contributed by atoms with Crippen LogP contribution in [0.3, 0.4) is 0 Å². The molecule has 1 aromatic rings. The van der Waals surface area contributed by atoms with Crippen molar-refractivity contribution in [1.82, 2.24) is 14.7 Å². The van der Waals surface area contributed by atoms with Crippen molar-refractivity contribution in [2.75, 3.05) is 12.3 Å². The summed E-state index contributed by atoms with van der Waals surface area (Å²) in [6.45, 7) is 6.58. The van der Waals surface area contributed by atoms with Gasteiger partial charge in [0.05, 0.1) is 5.69 Å². The standard InChI is InChI=1S/C11H20N4.ClH/c1-4-8(2)15-6-5-10-9(7-15)11(12)14(3)13-10;/h8H,4-7,12H2,1-3H3;1H. The van der Waals surface area contributed by atoms with Gasteiger partial charge in [-0.2, -0.15) is 5.10 Å². The summed E-state index contributed by atoms with van der Waals surface area (Å²) in [6.07, 6.45) is 2.22. The third kappa shape index (κ3) is 2.18. The number of nitrogen functional groups attached to an aromatic ring is 1. The molecule has 1 atom stereocenters. The number of nitrogens with two attached hydrogens (primary N) is 1. The Hall–Kier alpha value is -0.740. The molecule has 0 bridgehead atoms. The number of rotatable bonds is 2. The monoisotopic (exact) mass is 244 g/mol. The van der Waals surface area contributed by atoms with Crippen LogP contribution in [0.25, 0.3) is 0 Å². The van der Waals surface area contributed by atoms with Gasteiger partial charge in [0.25, 0.3) is 0 Å². The molecule has 0 saturated heterocycles. The van der Waals surface area contributed by atoms with Crippen molar-refractivity contribution in [1.29, 1.82) is 0 Å². The smallest absolute Gasteiger partial charge is 0.126 e. The molecule has 4 nitrogen and oxygen atoms in total. The largest absolute Gasteiger partial charge is 0.384 e. The first kappa shape index (κ1) is 13.3. The highest BCUT2D eigenvalue weighted by Crippen LogP contribution is 2.24. The normalized spacial score (nSPS) is 17.7. The summed E-state index contributed by atoms with van der Waals surface area (Å²) in [6, 6.07) is 0.637. The molecule has 1 aromatic heterocycles. The molecule has 2 heterocycles. The van der Waals surface area contributed by atoms with Crippen LogP contribution in [0.15, 0.2) is 0 Å². The third-order valence-electron chi connectivity index (χ3n) is 3.49. The van der Waals surface area contributed by atoms with Crippen molar-refractivity contribution < 1.29 is 0 Å². The molecule has 5 heteroatoms. The number of aryl methyl sites for hydroxylation is 1. The first-order valence-corrected chi connectivity index (χ1v) is 5.67. The van der Waals surface area contributed by atoms with E-state index in [-0.39, 0.29) is 12.4 Å². The van der Waals surface area contributed by atoms with Gasteiger partial charge < -0.3 is 5.73 Å². The van der Waals surface area contributed by atoms with Crippen LogP contribution in [0.4, 0.5) is 5.82 Å². The van der Waals surface area contributed by atoms with Crippen LogP contribution in [-0.4, -0.2) is 27.3 Å². The van der Waals surface area contributed by atoms with E-state index in [0.717, 1.165) is 25.3 Å². The highest BCUT2D eigenvalue weighted by atomic mass is 35.5. The number of fused-ring (bicyclic) bond motifs is 1. The molecule has 0 aliphatic carbocycles. The van der Waals surface area contributed by atoms with Crippen LogP contribution in [0, 0.1) is 0 Å². The Morgan fingerprint density at radius 1 is 1.50 bits per heavy atom. The molecule has 0 aromatic carbocycles. The van der Waals surface area contributed by atoms with Gasteiger partial charge in [0.15, 0.2) is 0 Å². The minimum absolute atomic E-state index is 0. The Morgan fingerprint density at radius 2 is 2.19 bits per heavy atom. The van der Waals surface area contributed by atoms with Crippen LogP contribution < -0.4 is 5.73 Å². The van der Waals surface area contributed by atoms with Crippen molar-refractivity contribution in [3.63, 3.8) is 0 Å². The molecule has 16 heavy (non-hydrogen) atoms. The molecule has 1 aliphatic rings. The maximum Gasteiger partial charge on any atom is 0.126 e. The van der Waals surface area contributed by atoms with Crippen molar-refractivity contribution in [3.8, 4) is 0 Å². The summed E-state index contributed by atoms with van der Waals surface area (Å²) in [5.74, 6) is 0.831. The van der Waals surface area contributed by atoms with Gasteiger partial charge in [-0.15, -0.1) is 12.4 Å². The quantitative estimate of drug-likeness (QED) is 0.860. The third-order valence-corrected chi connectivity index (χ3v) is 3.49. The fraction of sp³-hybridized carbons (Fsp3) is 0.727. The van der Waals surface area contributed by atoms with Crippen molar-refractivity contribution in [2.45, 2.75) is 39.3 Å². The van der Waals surface area contributed by atoms with Crippen LogP contribution in [0.5, 0.6) is 0 Å². The average Bonchev–Trinajstić information content (AvgIpc) is 2.54. The first-order chi connectivity index (χ1) is 7.13. The van der Waals surface area contributed by atoms with Gasteiger partial charge in [-0.1, -0.05) is 6.92 Å². The molecule has 0 saturated carbocycles. The number of halogens is 1. The second-order valence-electron chi connectivity index (χ2n) is 4.41. The number of anilines is 1. The van der Waals surface area contributed by atoms with Crippen LogP contribution in [0.2, 0.25) is 0 Å². The first-order valence-electron chi connectivity index (χ1n) is 5.67. The lowest BCUT2D eigenvalue weighted by Gasteiger charge is -2.31. The molecule has 1 aliphatic heterocycles. The number of nitrogens with zero attached hydrogens (tertiary/aromatic N) is 3. The lowest BCUT2D eigenvalue weighted by Crippen LogP contribution is -2.37. The number of hydrogen-bond acceptors (Lipinski definition) is 3. The van der Waals surface area contributed by atoms with Crippen molar-refractivity contribution in [3.05, 3.63) is 11.3 Å². The SMILES string of the molecule is CCC(C)N1CCc2nn(C)c(N)c2C1.Cl. The van der Waals surface area contributed by atoms with E-state index in [4.69, 9.17) is 5.73 Å². The van der Waals surface area contributed by atoms with Gasteiger partial charge in [0, 0.05) is 38.2 Å². The fourth-order valence-corrected chi connectivity index (χ4v) is 2.18. The predicted octanol–water partition coefficient (Wildman–Crippen LogP) is 1.58. The molecular weight excluding hydrogens is 224 g/mol. The maximum absolute atomic E-state index is 6.00. The van der Waals surface area contributed by atoms with E-state index in [1.54, 1.807) is 4.68 Å². The Bertz CT molecular complexity index is 361. The summed E-state index contributed by atoms with van der Waals surface area (Å²) >= 11 is 0. The highest BCUT2D eigenvalue weighted by molar-refractivity contribution is 5.85. The summed E-state index contributed by atoms with van der Waals surface area (Å²) in [5.41, 5.74) is 8.43. The van der Waals surface area contributed by atoms with E-state index in [2.05, 4.69) is 23.8 Å². The molecular formula is C11H21ClN4. The van der Waals surface area contributed by atoms with Crippen LogP contribution >= 0.6 is 12.4 Å². The zero-order chi connectivity index (χ0) is 11.0. The van der Waals surface area contributed by atoms with E-state index in [1.165, 1.54) is 17.7 Å². The summed E-state index contributed by atoms with van der Waals surface area (Å²) in [4.78, 5) is 2.49. The van der Waals surface area contributed by atoms with E-state index in [0.29, 0.717) is 6.04 Å². The van der Waals surface area contributed by atoms with Gasteiger partial charge in [0.2, 0.25) is 0 Å². The van der Waals surface area contributed by atoms with Crippen molar-refractivity contribution in [2.24, 2.45) is 7.05 Å². The Morgan fingerprint density at radius 3 is 2.81 bits per heavy atom. The zero-order valence-electron chi connectivity index (χ0n) is 10.2. The Kier molecular flexibility index (Phi) is 4.21. The average molecular weight is 245 g/mol. The predicted molar refractivity (Wildman–Crippen MR) is 68.7 cm³/mol. The fourth-order valence-electron chi connectivity index (χ4n) is 2.18.